The Balaban J connectivity index is 1.95. The third-order valence-electron chi connectivity index (χ3n) is 5.15. The Morgan fingerprint density at radius 3 is 2.38 bits per heavy atom. The number of rotatable bonds is 9. The van der Waals surface area contributed by atoms with Crippen molar-refractivity contribution in [2.75, 3.05) is 6.61 Å². The molecule has 9 nitrogen and oxygen atoms in total. The molecular formula is C26H29ClN2O7S. The van der Waals surface area contributed by atoms with Crippen LogP contribution in [0, 0.1) is 6.92 Å². The van der Waals surface area contributed by atoms with Gasteiger partial charge in [0.05, 0.1) is 23.9 Å². The third kappa shape index (κ3) is 6.90. The first-order chi connectivity index (χ1) is 17.3. The Kier molecular flexibility index (Phi) is 8.65. The summed E-state index contributed by atoms with van der Waals surface area (Å²) in [6.45, 7) is 9.11. The number of halogens is 1. The zero-order valence-electron chi connectivity index (χ0n) is 21.3. The van der Waals surface area contributed by atoms with Crippen LogP contribution in [0.1, 0.15) is 55.6 Å². The van der Waals surface area contributed by atoms with Crippen LogP contribution in [-0.4, -0.2) is 30.8 Å². The molecule has 0 spiro atoms. The van der Waals surface area contributed by atoms with Crippen LogP contribution < -0.4 is 14.5 Å². The van der Waals surface area contributed by atoms with E-state index in [-0.39, 0.29) is 40.2 Å². The number of aryl methyl sites for hydroxylation is 1. The lowest BCUT2D eigenvalue weighted by Crippen LogP contribution is -2.36. The standard InChI is InChI=1S/C26H29ClN2O7S/c1-6-13-34-25(31)18-9-10-19(16-35-22-15-28-29(26(3,4)5)24(30)23(22)27)21(14-18)36-37(32,33)20-11-7-17(2)8-12-20/h7-12,14-15H,6,13,16H2,1-5H3. The summed E-state index contributed by atoms with van der Waals surface area (Å²) in [5.74, 6) is -0.727. The highest BCUT2D eigenvalue weighted by Crippen LogP contribution is 2.28. The number of hydrogen-bond acceptors (Lipinski definition) is 8. The molecule has 0 aliphatic heterocycles. The molecule has 0 saturated heterocycles. The van der Waals surface area contributed by atoms with Crippen molar-refractivity contribution in [3.8, 4) is 11.5 Å². The van der Waals surface area contributed by atoms with Crippen molar-refractivity contribution in [3.63, 3.8) is 0 Å². The molecule has 198 valence electrons. The van der Waals surface area contributed by atoms with Gasteiger partial charge in [-0.25, -0.2) is 9.48 Å². The van der Waals surface area contributed by atoms with Crippen molar-refractivity contribution in [1.82, 2.24) is 9.78 Å². The lowest BCUT2D eigenvalue weighted by atomic mass is 10.1. The minimum Gasteiger partial charge on any atom is -0.485 e. The highest BCUT2D eigenvalue weighted by molar-refractivity contribution is 7.87. The number of aromatic nitrogens is 2. The minimum atomic E-state index is -4.23. The lowest BCUT2D eigenvalue weighted by Gasteiger charge is -2.21. The maximum absolute atomic E-state index is 13.0. The molecular weight excluding hydrogens is 520 g/mol. The van der Waals surface area contributed by atoms with Gasteiger partial charge in [0.15, 0.2) is 10.8 Å². The second-order valence-electron chi connectivity index (χ2n) is 9.31. The molecule has 0 atom stereocenters. The van der Waals surface area contributed by atoms with E-state index in [0.29, 0.717) is 12.0 Å². The Morgan fingerprint density at radius 2 is 1.76 bits per heavy atom. The van der Waals surface area contributed by atoms with Crippen LogP contribution in [0.25, 0.3) is 0 Å². The molecule has 0 amide bonds. The molecule has 1 heterocycles. The van der Waals surface area contributed by atoms with Crippen molar-refractivity contribution >= 4 is 27.7 Å². The largest absolute Gasteiger partial charge is 0.485 e. The van der Waals surface area contributed by atoms with Crippen molar-refractivity contribution in [2.45, 2.75) is 58.1 Å². The number of carbonyl (C=O) groups excluding carboxylic acids is 1. The van der Waals surface area contributed by atoms with Gasteiger partial charge in [-0.15, -0.1) is 0 Å². The fourth-order valence-electron chi connectivity index (χ4n) is 3.18. The molecule has 0 radical (unpaired) electrons. The fourth-order valence-corrected chi connectivity index (χ4v) is 4.32. The summed E-state index contributed by atoms with van der Waals surface area (Å²) < 4.78 is 43.5. The average molecular weight is 549 g/mol. The van der Waals surface area contributed by atoms with Gasteiger partial charge in [0, 0.05) is 5.56 Å². The zero-order chi connectivity index (χ0) is 27.4. The molecule has 2 aromatic carbocycles. The molecule has 11 heteroatoms. The number of nitrogens with zero attached hydrogens (tertiary/aromatic N) is 2. The van der Waals surface area contributed by atoms with Crippen LogP contribution >= 0.6 is 11.6 Å². The smallest absolute Gasteiger partial charge is 0.339 e. The number of hydrogen-bond donors (Lipinski definition) is 0. The molecule has 0 aliphatic rings. The van der Waals surface area contributed by atoms with E-state index in [1.807, 2.05) is 34.6 Å². The van der Waals surface area contributed by atoms with Gasteiger partial charge in [0.1, 0.15) is 17.3 Å². The van der Waals surface area contributed by atoms with Crippen LogP contribution in [-0.2, 0) is 27.0 Å². The van der Waals surface area contributed by atoms with E-state index in [1.165, 1.54) is 41.2 Å². The summed E-state index contributed by atoms with van der Waals surface area (Å²) in [4.78, 5) is 25.0. The van der Waals surface area contributed by atoms with E-state index in [2.05, 4.69) is 5.10 Å². The maximum Gasteiger partial charge on any atom is 0.339 e. The van der Waals surface area contributed by atoms with E-state index in [1.54, 1.807) is 12.1 Å². The second-order valence-corrected chi connectivity index (χ2v) is 11.2. The number of benzene rings is 2. The molecule has 1 aromatic heterocycles. The van der Waals surface area contributed by atoms with E-state index in [0.717, 1.165) is 5.56 Å². The summed E-state index contributed by atoms with van der Waals surface area (Å²) in [5.41, 5.74) is 0.163. The summed E-state index contributed by atoms with van der Waals surface area (Å²) in [6.07, 6.45) is 1.95. The predicted octanol–water partition coefficient (Wildman–Crippen LogP) is 4.87. The van der Waals surface area contributed by atoms with Gasteiger partial charge in [0.25, 0.3) is 5.56 Å². The maximum atomic E-state index is 13.0. The summed E-state index contributed by atoms with van der Waals surface area (Å²) in [6, 6.07) is 10.4. The average Bonchev–Trinajstić information content (AvgIpc) is 2.83. The Hall–Kier alpha value is -3.37. The SMILES string of the molecule is CCCOC(=O)c1ccc(COc2cnn(C(C)(C)C)c(=O)c2Cl)c(OS(=O)(=O)c2ccc(C)cc2)c1. The van der Waals surface area contributed by atoms with Crippen LogP contribution in [0.5, 0.6) is 11.5 Å². The summed E-state index contributed by atoms with van der Waals surface area (Å²) in [7, 11) is -4.23. The Morgan fingerprint density at radius 1 is 1.08 bits per heavy atom. The number of ether oxygens (including phenoxy) is 2. The van der Waals surface area contributed by atoms with E-state index in [9.17, 15) is 18.0 Å². The zero-order valence-corrected chi connectivity index (χ0v) is 22.9. The number of esters is 1. The van der Waals surface area contributed by atoms with Crippen molar-refractivity contribution in [3.05, 3.63) is 80.7 Å². The second kappa shape index (κ2) is 11.4. The van der Waals surface area contributed by atoms with E-state index in [4.69, 9.17) is 25.3 Å². The molecule has 3 rings (SSSR count). The highest BCUT2D eigenvalue weighted by atomic mass is 35.5. The Labute approximate surface area is 221 Å². The molecule has 3 aromatic rings. The van der Waals surface area contributed by atoms with Gasteiger partial charge in [-0.05, 0) is 58.4 Å². The minimum absolute atomic E-state index is 0.0194. The lowest BCUT2D eigenvalue weighted by molar-refractivity contribution is 0.0504. The normalized spacial score (nSPS) is 11.7. The first-order valence-electron chi connectivity index (χ1n) is 11.6. The number of carbonyl (C=O) groups is 1. The van der Waals surface area contributed by atoms with Gasteiger partial charge >= 0.3 is 16.1 Å². The van der Waals surface area contributed by atoms with E-state index < -0.39 is 27.2 Å². The molecule has 0 N–H and O–H groups in total. The van der Waals surface area contributed by atoms with Gasteiger partial charge < -0.3 is 13.7 Å². The first-order valence-corrected chi connectivity index (χ1v) is 13.3. The summed E-state index contributed by atoms with van der Waals surface area (Å²) >= 11 is 6.24. The molecule has 0 unspecified atom stereocenters. The van der Waals surface area contributed by atoms with Crippen molar-refractivity contribution < 1.29 is 26.9 Å². The molecule has 0 saturated carbocycles. The monoisotopic (exact) mass is 548 g/mol. The first kappa shape index (κ1) is 28.2. The molecule has 0 bridgehead atoms. The quantitative estimate of drug-likeness (QED) is 0.275. The van der Waals surface area contributed by atoms with E-state index >= 15 is 0 Å². The van der Waals surface area contributed by atoms with Gasteiger partial charge in [-0.2, -0.15) is 13.5 Å². The fraction of sp³-hybridized carbons (Fsp3) is 0.346. The van der Waals surface area contributed by atoms with Gasteiger partial charge in [-0.1, -0.05) is 42.3 Å². The van der Waals surface area contributed by atoms with Gasteiger partial charge in [-0.3, -0.25) is 4.79 Å². The van der Waals surface area contributed by atoms with Crippen LogP contribution in [0.3, 0.4) is 0 Å². The Bertz CT molecular complexity index is 1440. The van der Waals surface area contributed by atoms with Crippen LogP contribution in [0.4, 0.5) is 0 Å². The van der Waals surface area contributed by atoms with Crippen molar-refractivity contribution in [1.29, 1.82) is 0 Å². The predicted molar refractivity (Wildman–Crippen MR) is 139 cm³/mol. The highest BCUT2D eigenvalue weighted by Gasteiger charge is 2.23. The molecule has 37 heavy (non-hydrogen) atoms. The van der Waals surface area contributed by atoms with Crippen LogP contribution in [0.2, 0.25) is 5.02 Å². The molecule has 0 fully saturated rings. The van der Waals surface area contributed by atoms with Crippen molar-refractivity contribution in [2.24, 2.45) is 0 Å². The van der Waals surface area contributed by atoms with Crippen LogP contribution in [0.15, 0.2) is 58.4 Å². The third-order valence-corrected chi connectivity index (χ3v) is 6.75. The topological polar surface area (TPSA) is 114 Å². The summed E-state index contributed by atoms with van der Waals surface area (Å²) in [5, 5.41) is 3.96. The van der Waals surface area contributed by atoms with Gasteiger partial charge in [0.2, 0.25) is 0 Å². The molecule has 0 aliphatic carbocycles.